The smallest absolute Gasteiger partial charge is 0.225 e. The second kappa shape index (κ2) is 5.66. The van der Waals surface area contributed by atoms with Crippen LogP contribution in [0.3, 0.4) is 0 Å². The predicted molar refractivity (Wildman–Crippen MR) is 81.2 cm³/mol. The molecule has 3 aliphatic rings. The van der Waals surface area contributed by atoms with Crippen molar-refractivity contribution in [1.29, 1.82) is 0 Å². The van der Waals surface area contributed by atoms with E-state index in [1.165, 1.54) is 0 Å². The molecule has 1 N–H and O–H groups in total. The van der Waals surface area contributed by atoms with Gasteiger partial charge in [-0.05, 0) is 31.7 Å². The van der Waals surface area contributed by atoms with Crippen molar-refractivity contribution in [3.63, 3.8) is 0 Å². The van der Waals surface area contributed by atoms with Crippen molar-refractivity contribution >= 4 is 5.91 Å². The third-order valence-corrected chi connectivity index (χ3v) is 5.08. The zero-order valence-corrected chi connectivity index (χ0v) is 13.1. The highest BCUT2D eigenvalue weighted by Gasteiger charge is 2.48. The number of carbonyl (C=O) groups is 1. The molecule has 1 saturated carbocycles. The summed E-state index contributed by atoms with van der Waals surface area (Å²) in [5.74, 6) is 0.280. The van der Waals surface area contributed by atoms with Crippen LogP contribution in [0.2, 0.25) is 0 Å². The number of aryl methyl sites for hydroxylation is 1. The summed E-state index contributed by atoms with van der Waals surface area (Å²) in [5.41, 5.74) is 1.13. The van der Waals surface area contributed by atoms with Crippen molar-refractivity contribution < 1.29 is 9.53 Å². The molecule has 120 valence electrons. The van der Waals surface area contributed by atoms with Gasteiger partial charge in [-0.25, -0.2) is 0 Å². The van der Waals surface area contributed by atoms with E-state index in [-0.39, 0.29) is 18.0 Å². The highest BCUT2D eigenvalue weighted by atomic mass is 16.5. The summed E-state index contributed by atoms with van der Waals surface area (Å²) < 4.78 is 7.48. The molecule has 6 nitrogen and oxygen atoms in total. The number of nitrogens with zero attached hydrogens (tertiary/aromatic N) is 3. The van der Waals surface area contributed by atoms with E-state index in [4.69, 9.17) is 4.74 Å². The van der Waals surface area contributed by atoms with Crippen molar-refractivity contribution in [2.75, 3.05) is 13.2 Å². The molecule has 2 aliphatic heterocycles. The van der Waals surface area contributed by atoms with Crippen LogP contribution < -0.4 is 5.32 Å². The summed E-state index contributed by atoms with van der Waals surface area (Å²) >= 11 is 0. The van der Waals surface area contributed by atoms with Crippen molar-refractivity contribution in [3.05, 3.63) is 18.0 Å². The number of carbonyl (C=O) groups excluding carboxylic acids is 1. The van der Waals surface area contributed by atoms with Gasteiger partial charge in [0, 0.05) is 44.4 Å². The van der Waals surface area contributed by atoms with Crippen LogP contribution in [-0.4, -0.2) is 51.9 Å². The van der Waals surface area contributed by atoms with Crippen LogP contribution in [0.4, 0.5) is 0 Å². The Morgan fingerprint density at radius 3 is 2.86 bits per heavy atom. The molecule has 1 aliphatic carbocycles. The van der Waals surface area contributed by atoms with Gasteiger partial charge in [-0.2, -0.15) is 5.10 Å². The maximum absolute atomic E-state index is 12.5. The van der Waals surface area contributed by atoms with Crippen LogP contribution in [0.15, 0.2) is 12.3 Å². The van der Waals surface area contributed by atoms with Crippen LogP contribution in [-0.2, 0) is 16.6 Å². The van der Waals surface area contributed by atoms with Crippen LogP contribution in [0.5, 0.6) is 0 Å². The lowest BCUT2D eigenvalue weighted by Gasteiger charge is -2.32. The molecule has 0 radical (unpaired) electrons. The Morgan fingerprint density at radius 2 is 2.23 bits per heavy atom. The van der Waals surface area contributed by atoms with E-state index in [0.29, 0.717) is 18.5 Å². The lowest BCUT2D eigenvalue weighted by atomic mass is 10.0. The first-order valence-corrected chi connectivity index (χ1v) is 8.37. The van der Waals surface area contributed by atoms with E-state index < -0.39 is 0 Å². The minimum absolute atomic E-state index is 0.106. The number of likely N-dealkylation sites (tertiary alicyclic amines) is 1. The Hall–Kier alpha value is -1.40. The molecule has 22 heavy (non-hydrogen) atoms. The van der Waals surface area contributed by atoms with Gasteiger partial charge in [0.15, 0.2) is 0 Å². The number of rotatable bonds is 4. The van der Waals surface area contributed by atoms with Crippen molar-refractivity contribution in [2.45, 2.75) is 56.3 Å². The van der Waals surface area contributed by atoms with Crippen molar-refractivity contribution in [3.8, 4) is 0 Å². The first-order chi connectivity index (χ1) is 10.7. The second-order valence-corrected chi connectivity index (χ2v) is 6.75. The second-order valence-electron chi connectivity index (χ2n) is 6.75. The number of ether oxygens (including phenoxy) is 1. The fraction of sp³-hybridized carbons (Fsp3) is 0.750. The molecular formula is C16H24N4O2. The molecule has 0 bridgehead atoms. The SMILES string of the molecule is Cn1nccc1[C@H]1[C@H](N[C@@H]2CCCOC2)CC(=O)N1C1CC1. The minimum atomic E-state index is 0.106. The number of aromatic nitrogens is 2. The average molecular weight is 304 g/mol. The minimum Gasteiger partial charge on any atom is -0.380 e. The largest absolute Gasteiger partial charge is 0.380 e. The Balaban J connectivity index is 1.58. The van der Waals surface area contributed by atoms with Gasteiger partial charge >= 0.3 is 0 Å². The molecule has 3 atom stereocenters. The molecular weight excluding hydrogens is 280 g/mol. The lowest BCUT2D eigenvalue weighted by molar-refractivity contribution is -0.129. The van der Waals surface area contributed by atoms with Gasteiger partial charge in [0.05, 0.1) is 18.3 Å². The Kier molecular flexibility index (Phi) is 3.66. The molecule has 4 rings (SSSR count). The van der Waals surface area contributed by atoms with E-state index >= 15 is 0 Å². The monoisotopic (exact) mass is 304 g/mol. The van der Waals surface area contributed by atoms with Crippen LogP contribution in [0.1, 0.15) is 43.8 Å². The summed E-state index contributed by atoms with van der Waals surface area (Å²) in [6.07, 6.45) is 6.92. The van der Waals surface area contributed by atoms with Crippen LogP contribution >= 0.6 is 0 Å². The van der Waals surface area contributed by atoms with Gasteiger partial charge in [-0.1, -0.05) is 0 Å². The topological polar surface area (TPSA) is 59.4 Å². The standard InChI is InChI=1S/C16H24N4O2/c1-19-14(6-7-17-19)16-13(18-11-3-2-8-22-10-11)9-15(21)20(16)12-4-5-12/h6-7,11-13,16,18H,2-5,8-10H2,1H3/t11-,13-,16-/m1/s1. The van der Waals surface area contributed by atoms with Gasteiger partial charge in [0.25, 0.3) is 0 Å². The third-order valence-electron chi connectivity index (χ3n) is 5.08. The molecule has 2 saturated heterocycles. The van der Waals surface area contributed by atoms with E-state index in [9.17, 15) is 4.79 Å². The van der Waals surface area contributed by atoms with E-state index in [1.54, 1.807) is 0 Å². The highest BCUT2D eigenvalue weighted by Crippen LogP contribution is 2.41. The zero-order chi connectivity index (χ0) is 15.1. The van der Waals surface area contributed by atoms with Gasteiger partial charge in [0.2, 0.25) is 5.91 Å². The van der Waals surface area contributed by atoms with Crippen molar-refractivity contribution in [1.82, 2.24) is 20.0 Å². The summed E-state index contributed by atoms with van der Waals surface area (Å²) in [7, 11) is 1.96. The quantitative estimate of drug-likeness (QED) is 0.901. The maximum atomic E-state index is 12.5. The molecule has 6 heteroatoms. The van der Waals surface area contributed by atoms with Crippen LogP contribution in [0.25, 0.3) is 0 Å². The van der Waals surface area contributed by atoms with E-state index in [2.05, 4.69) is 15.3 Å². The van der Waals surface area contributed by atoms with Crippen molar-refractivity contribution in [2.24, 2.45) is 7.05 Å². The molecule has 0 aromatic carbocycles. The predicted octanol–water partition coefficient (Wildman–Crippen LogP) is 0.993. The number of nitrogens with one attached hydrogen (secondary N) is 1. The third kappa shape index (κ3) is 2.54. The summed E-state index contributed by atoms with van der Waals surface area (Å²) in [5, 5.41) is 8.01. The molecule has 3 fully saturated rings. The molecule has 0 spiro atoms. The normalized spacial score (nSPS) is 32.7. The number of hydrogen-bond acceptors (Lipinski definition) is 4. The summed E-state index contributed by atoms with van der Waals surface area (Å²) in [4.78, 5) is 14.7. The Morgan fingerprint density at radius 1 is 1.36 bits per heavy atom. The van der Waals surface area contributed by atoms with Crippen LogP contribution in [0, 0.1) is 0 Å². The molecule has 3 heterocycles. The van der Waals surface area contributed by atoms with Gasteiger partial charge < -0.3 is 15.0 Å². The first-order valence-electron chi connectivity index (χ1n) is 8.37. The highest BCUT2D eigenvalue weighted by molar-refractivity contribution is 5.81. The van der Waals surface area contributed by atoms with Gasteiger partial charge in [-0.15, -0.1) is 0 Å². The fourth-order valence-corrected chi connectivity index (χ4v) is 3.89. The summed E-state index contributed by atoms with van der Waals surface area (Å²) in [6, 6.07) is 3.11. The van der Waals surface area contributed by atoms with E-state index in [0.717, 1.165) is 44.6 Å². The fourth-order valence-electron chi connectivity index (χ4n) is 3.89. The van der Waals surface area contributed by atoms with Gasteiger partial charge in [-0.3, -0.25) is 9.48 Å². The lowest BCUT2D eigenvalue weighted by Crippen LogP contribution is -2.46. The average Bonchev–Trinajstić information content (AvgIpc) is 3.19. The molecule has 0 unspecified atom stereocenters. The Bertz CT molecular complexity index is 548. The van der Waals surface area contributed by atoms with Gasteiger partial charge in [0.1, 0.15) is 0 Å². The first kappa shape index (κ1) is 14.2. The Labute approximate surface area is 130 Å². The number of amides is 1. The maximum Gasteiger partial charge on any atom is 0.225 e. The zero-order valence-electron chi connectivity index (χ0n) is 13.1. The summed E-state index contributed by atoms with van der Waals surface area (Å²) in [6.45, 7) is 1.62. The molecule has 1 aromatic rings. The molecule has 1 amide bonds. The number of hydrogen-bond donors (Lipinski definition) is 1. The van der Waals surface area contributed by atoms with E-state index in [1.807, 2.05) is 24.0 Å². The molecule has 1 aromatic heterocycles.